The highest BCUT2D eigenvalue weighted by Crippen LogP contribution is 2.86. The van der Waals surface area contributed by atoms with Crippen LogP contribution in [0.3, 0.4) is 0 Å². The molecule has 0 N–H and O–H groups in total. The zero-order valence-electron chi connectivity index (χ0n) is 16.0. The number of rotatable bonds is 0. The van der Waals surface area contributed by atoms with Gasteiger partial charge in [-0.15, -0.1) is 0 Å². The lowest BCUT2D eigenvalue weighted by Gasteiger charge is -2.38. The Labute approximate surface area is 147 Å². The van der Waals surface area contributed by atoms with Crippen LogP contribution in [0.5, 0.6) is 0 Å². The van der Waals surface area contributed by atoms with Crippen molar-refractivity contribution in [3.63, 3.8) is 0 Å². The minimum Gasteiger partial charge on any atom is -0.0673 e. The van der Waals surface area contributed by atoms with Gasteiger partial charge in [0.15, 0.2) is 0 Å². The molecule has 0 amide bonds. The molecule has 0 aromatic carbocycles. The van der Waals surface area contributed by atoms with Gasteiger partial charge in [0.1, 0.15) is 0 Å². The molecule has 128 valence electrons. The molecule has 0 unspecified atom stereocenters. The SMILES string of the molecule is CC1=C(C)[C@]23CC[C@]45C[C@H]4[C@H]4C[C@@]4(CC[C@]14C[C@@H]4[C@@H]2C3)C(C)=C5C. The van der Waals surface area contributed by atoms with Gasteiger partial charge in [0.2, 0.25) is 0 Å². The highest BCUT2D eigenvalue weighted by Gasteiger charge is 2.78. The summed E-state index contributed by atoms with van der Waals surface area (Å²) in [5.74, 6) is 4.35. The van der Waals surface area contributed by atoms with E-state index in [1.165, 1.54) is 25.7 Å². The maximum absolute atomic E-state index is 2.55. The predicted octanol–water partition coefficient (Wildman–Crippen LogP) is 6.29. The van der Waals surface area contributed by atoms with Crippen molar-refractivity contribution in [2.24, 2.45) is 45.3 Å². The van der Waals surface area contributed by atoms with Crippen molar-refractivity contribution in [3.8, 4) is 0 Å². The predicted molar refractivity (Wildman–Crippen MR) is 97.4 cm³/mol. The van der Waals surface area contributed by atoms with Gasteiger partial charge in [-0.05, 0) is 124 Å². The first-order chi connectivity index (χ1) is 11.4. The molecule has 4 bridgehead atoms. The largest absolute Gasteiger partial charge is 0.0673 e. The third-order valence-corrected chi connectivity index (χ3v) is 11.7. The summed E-state index contributed by atoms with van der Waals surface area (Å²) in [4.78, 5) is 0. The minimum absolute atomic E-state index is 0.669. The van der Waals surface area contributed by atoms with Crippen molar-refractivity contribution >= 4 is 0 Å². The standard InChI is InChI=1S/C24H32/c1-13-14(2)22-7-8-24-12-20(24)19-11-23(19,15(3)16(24)4)6-5-21(13)9-17(21)18(22)10-22/h17-20H,5-12H2,1-4H3/t17-,18+,19-,20+,21+,22-,23+,24-. The van der Waals surface area contributed by atoms with Gasteiger partial charge in [-0.3, -0.25) is 0 Å². The molecule has 0 nitrogen and oxygen atoms in total. The molecule has 0 aromatic heterocycles. The first-order valence-electron chi connectivity index (χ1n) is 10.8. The molecule has 0 heteroatoms. The Morgan fingerprint density at radius 3 is 0.875 bits per heavy atom. The second-order valence-corrected chi connectivity index (χ2v) is 11.4. The molecule has 0 saturated heterocycles. The Kier molecular flexibility index (Phi) is 1.92. The highest BCUT2D eigenvalue weighted by atomic mass is 14.8. The smallest absolute Gasteiger partial charge is 0.00532 e. The molecule has 24 heavy (non-hydrogen) atoms. The van der Waals surface area contributed by atoms with Gasteiger partial charge in [-0.2, -0.15) is 0 Å². The summed E-state index contributed by atoms with van der Waals surface area (Å²) in [7, 11) is 0. The molecule has 4 spiro atoms. The molecule has 0 aliphatic heterocycles. The van der Waals surface area contributed by atoms with Gasteiger partial charge in [0.05, 0.1) is 0 Å². The zero-order valence-corrected chi connectivity index (χ0v) is 16.0. The monoisotopic (exact) mass is 320 g/mol. The van der Waals surface area contributed by atoms with Gasteiger partial charge < -0.3 is 0 Å². The van der Waals surface area contributed by atoms with Crippen LogP contribution >= 0.6 is 0 Å². The Morgan fingerprint density at radius 1 is 0.458 bits per heavy atom. The van der Waals surface area contributed by atoms with Gasteiger partial charge in [-0.25, -0.2) is 0 Å². The van der Waals surface area contributed by atoms with Crippen LogP contribution in [0, 0.1) is 45.3 Å². The molecular formula is C24H32. The third kappa shape index (κ3) is 1.13. The van der Waals surface area contributed by atoms with Crippen LogP contribution in [0.4, 0.5) is 0 Å². The summed E-state index contributed by atoms with van der Waals surface area (Å²) < 4.78 is 0. The summed E-state index contributed by atoms with van der Waals surface area (Å²) in [6, 6.07) is 0. The van der Waals surface area contributed by atoms with Crippen LogP contribution in [-0.4, -0.2) is 0 Å². The van der Waals surface area contributed by atoms with Crippen LogP contribution in [0.1, 0.15) is 79.1 Å². The van der Waals surface area contributed by atoms with E-state index >= 15 is 0 Å². The first kappa shape index (κ1) is 13.7. The van der Waals surface area contributed by atoms with E-state index in [4.69, 9.17) is 0 Å². The van der Waals surface area contributed by atoms with E-state index in [-0.39, 0.29) is 0 Å². The summed E-state index contributed by atoms with van der Waals surface area (Å²) in [6.45, 7) is 10.2. The van der Waals surface area contributed by atoms with E-state index in [0.717, 1.165) is 23.7 Å². The Balaban J connectivity index is 1.40. The van der Waals surface area contributed by atoms with Gasteiger partial charge in [0.25, 0.3) is 0 Å². The summed E-state index contributed by atoms with van der Waals surface area (Å²) in [6.07, 6.45) is 12.3. The van der Waals surface area contributed by atoms with Gasteiger partial charge in [-0.1, -0.05) is 22.3 Å². The fourth-order valence-electron chi connectivity index (χ4n) is 9.45. The molecule has 8 atom stereocenters. The number of allylic oxidation sites excluding steroid dienone is 4. The maximum Gasteiger partial charge on any atom is -0.00532 e. The molecule has 8 aliphatic rings. The quantitative estimate of drug-likeness (QED) is 0.460. The molecule has 4 fully saturated rings. The van der Waals surface area contributed by atoms with E-state index in [2.05, 4.69) is 27.7 Å². The van der Waals surface area contributed by atoms with Crippen molar-refractivity contribution in [1.29, 1.82) is 0 Å². The normalized spacial score (nSPS) is 64.5. The topological polar surface area (TPSA) is 0 Å². The second-order valence-electron chi connectivity index (χ2n) is 11.4. The lowest BCUT2D eigenvalue weighted by atomic mass is 9.66. The van der Waals surface area contributed by atoms with Crippen molar-refractivity contribution in [3.05, 3.63) is 22.3 Å². The van der Waals surface area contributed by atoms with Crippen LogP contribution in [-0.2, 0) is 0 Å². The van der Waals surface area contributed by atoms with Crippen LogP contribution in [0.25, 0.3) is 0 Å². The number of hydrogen-bond acceptors (Lipinski definition) is 0. The summed E-state index contributed by atoms with van der Waals surface area (Å²) >= 11 is 0. The molecule has 0 radical (unpaired) electrons. The van der Waals surface area contributed by atoms with Crippen molar-refractivity contribution in [2.45, 2.75) is 79.1 Å². The molecule has 0 aromatic rings. The highest BCUT2D eigenvalue weighted by molar-refractivity contribution is 5.48. The molecular weight excluding hydrogens is 288 g/mol. The Morgan fingerprint density at radius 2 is 0.667 bits per heavy atom. The van der Waals surface area contributed by atoms with E-state index in [9.17, 15) is 0 Å². The van der Waals surface area contributed by atoms with E-state index in [1.54, 1.807) is 25.7 Å². The van der Waals surface area contributed by atoms with Crippen LogP contribution < -0.4 is 0 Å². The van der Waals surface area contributed by atoms with Crippen molar-refractivity contribution in [1.82, 2.24) is 0 Å². The Hall–Kier alpha value is -0.520. The minimum atomic E-state index is 0.669. The van der Waals surface area contributed by atoms with E-state index < -0.39 is 0 Å². The fourth-order valence-corrected chi connectivity index (χ4v) is 9.45. The van der Waals surface area contributed by atoms with Crippen LogP contribution in [0.2, 0.25) is 0 Å². The summed E-state index contributed by atoms with van der Waals surface area (Å²) in [5.41, 5.74) is 10.2. The average molecular weight is 321 g/mol. The first-order valence-corrected chi connectivity index (χ1v) is 10.8. The fraction of sp³-hybridized carbons (Fsp3) is 0.833. The lowest BCUT2D eigenvalue weighted by molar-refractivity contribution is 0.271. The Bertz CT molecular complexity index is 652. The third-order valence-electron chi connectivity index (χ3n) is 11.7. The maximum atomic E-state index is 2.55. The van der Waals surface area contributed by atoms with Gasteiger partial charge in [0, 0.05) is 0 Å². The zero-order chi connectivity index (χ0) is 16.3. The molecule has 8 rings (SSSR count). The van der Waals surface area contributed by atoms with E-state index in [0.29, 0.717) is 21.7 Å². The second kappa shape index (κ2) is 3.37. The molecule has 0 heterocycles. The van der Waals surface area contributed by atoms with Crippen LogP contribution in [0.15, 0.2) is 22.3 Å². The lowest BCUT2D eigenvalue weighted by Crippen LogP contribution is -2.28. The molecule has 4 saturated carbocycles. The van der Waals surface area contributed by atoms with E-state index in [1.807, 2.05) is 22.3 Å². The van der Waals surface area contributed by atoms with Gasteiger partial charge >= 0.3 is 0 Å². The number of hydrogen-bond donors (Lipinski definition) is 0. The van der Waals surface area contributed by atoms with Crippen molar-refractivity contribution in [2.75, 3.05) is 0 Å². The molecule has 8 aliphatic carbocycles. The number of fused-ring (bicyclic) bond motifs is 3. The average Bonchev–Trinajstić information content (AvgIpc) is 3.41. The van der Waals surface area contributed by atoms with Crippen molar-refractivity contribution < 1.29 is 0 Å². The summed E-state index contributed by atoms with van der Waals surface area (Å²) in [5, 5.41) is 0.